The molecule has 1 aromatic rings. The molecule has 17 heavy (non-hydrogen) atoms. The van der Waals surface area contributed by atoms with Gasteiger partial charge in [0, 0.05) is 20.0 Å². The zero-order valence-electron chi connectivity index (χ0n) is 9.49. The number of carbonyl (C=O) groups is 1. The van der Waals surface area contributed by atoms with Gasteiger partial charge in [0.05, 0.1) is 0 Å². The lowest BCUT2D eigenvalue weighted by Gasteiger charge is -2.26. The summed E-state index contributed by atoms with van der Waals surface area (Å²) >= 11 is 0. The molecule has 1 aromatic carbocycles. The van der Waals surface area contributed by atoms with Crippen LogP contribution in [0.3, 0.4) is 0 Å². The van der Waals surface area contributed by atoms with Crippen LogP contribution in [0, 0.1) is 0 Å². The molecule has 1 fully saturated rings. The summed E-state index contributed by atoms with van der Waals surface area (Å²) in [7, 11) is 1.55. The van der Waals surface area contributed by atoms with Gasteiger partial charge in [0.2, 0.25) is 0 Å². The fourth-order valence-electron chi connectivity index (χ4n) is 1.89. The van der Waals surface area contributed by atoms with E-state index in [0.717, 1.165) is 12.8 Å². The summed E-state index contributed by atoms with van der Waals surface area (Å²) < 4.78 is 15.9. The van der Waals surface area contributed by atoms with Crippen LogP contribution in [0.25, 0.3) is 0 Å². The number of nitrogens with one attached hydrogen (secondary N) is 1. The molecule has 1 heterocycles. The van der Waals surface area contributed by atoms with E-state index in [2.05, 4.69) is 5.32 Å². The van der Waals surface area contributed by atoms with Crippen molar-refractivity contribution in [3.05, 3.63) is 18.2 Å². The highest BCUT2D eigenvalue weighted by Gasteiger charge is 2.55. The Morgan fingerprint density at radius 1 is 1.47 bits per heavy atom. The maximum Gasteiger partial charge on any atom is 0.268 e. The second-order valence-corrected chi connectivity index (χ2v) is 4.23. The van der Waals surface area contributed by atoms with Crippen LogP contribution in [-0.4, -0.2) is 25.4 Å². The van der Waals surface area contributed by atoms with Gasteiger partial charge in [-0.15, -0.1) is 0 Å². The lowest BCUT2D eigenvalue weighted by atomic mass is 10.2. The smallest absolute Gasteiger partial charge is 0.268 e. The van der Waals surface area contributed by atoms with Gasteiger partial charge in [-0.1, -0.05) is 6.07 Å². The Bertz CT molecular complexity index is 468. The van der Waals surface area contributed by atoms with Crippen LogP contribution in [0.2, 0.25) is 0 Å². The monoisotopic (exact) mass is 235 g/mol. The number of hydrogen-bond acceptors (Lipinski definition) is 4. The number of methoxy groups -OCH3 is 1. The molecule has 1 saturated carbocycles. The third kappa shape index (κ3) is 1.63. The lowest BCUT2D eigenvalue weighted by Crippen LogP contribution is -2.39. The molecule has 5 heteroatoms. The Labute approximate surface area is 98.7 Å². The first-order valence-corrected chi connectivity index (χ1v) is 5.50. The van der Waals surface area contributed by atoms with Gasteiger partial charge in [0.25, 0.3) is 5.91 Å². The van der Waals surface area contributed by atoms with Crippen molar-refractivity contribution in [1.82, 2.24) is 0 Å². The SMILES string of the molecule is COCOc1cccc2c1NC(=O)C1(CC1)O2. The molecule has 0 saturated heterocycles. The predicted molar refractivity (Wildman–Crippen MR) is 60.2 cm³/mol. The topological polar surface area (TPSA) is 56.8 Å². The first-order chi connectivity index (χ1) is 8.25. The fraction of sp³-hybridized carbons (Fsp3) is 0.417. The summed E-state index contributed by atoms with van der Waals surface area (Å²) in [6.07, 6.45) is 1.56. The van der Waals surface area contributed by atoms with E-state index in [4.69, 9.17) is 14.2 Å². The van der Waals surface area contributed by atoms with E-state index in [1.54, 1.807) is 13.2 Å². The molecule has 1 spiro atoms. The molecule has 90 valence electrons. The van der Waals surface area contributed by atoms with E-state index in [1.807, 2.05) is 12.1 Å². The second kappa shape index (κ2) is 3.63. The summed E-state index contributed by atoms with van der Waals surface area (Å²) in [6.45, 7) is 0.136. The Balaban J connectivity index is 1.92. The molecular formula is C12H13NO4. The summed E-state index contributed by atoms with van der Waals surface area (Å²) in [5.74, 6) is 1.14. The molecule has 1 aliphatic heterocycles. The molecular weight excluding hydrogens is 222 g/mol. The fourth-order valence-corrected chi connectivity index (χ4v) is 1.89. The van der Waals surface area contributed by atoms with Gasteiger partial charge in [-0.2, -0.15) is 0 Å². The van der Waals surface area contributed by atoms with Gasteiger partial charge in [0.15, 0.2) is 12.4 Å². The van der Waals surface area contributed by atoms with Crippen molar-refractivity contribution in [2.24, 2.45) is 0 Å². The van der Waals surface area contributed by atoms with Crippen LogP contribution in [0.5, 0.6) is 11.5 Å². The van der Waals surface area contributed by atoms with Crippen molar-refractivity contribution in [1.29, 1.82) is 0 Å². The van der Waals surface area contributed by atoms with Crippen molar-refractivity contribution in [3.8, 4) is 11.5 Å². The third-order valence-electron chi connectivity index (χ3n) is 2.98. The van der Waals surface area contributed by atoms with Gasteiger partial charge in [-0.3, -0.25) is 4.79 Å². The first kappa shape index (κ1) is 10.4. The van der Waals surface area contributed by atoms with E-state index in [9.17, 15) is 4.79 Å². The van der Waals surface area contributed by atoms with Crippen LogP contribution in [-0.2, 0) is 9.53 Å². The van der Waals surface area contributed by atoms with Crippen LogP contribution < -0.4 is 14.8 Å². The van der Waals surface area contributed by atoms with E-state index in [-0.39, 0.29) is 12.7 Å². The predicted octanol–water partition coefficient (Wildman–Crippen LogP) is 1.53. The van der Waals surface area contributed by atoms with E-state index < -0.39 is 5.60 Å². The Kier molecular flexibility index (Phi) is 2.22. The van der Waals surface area contributed by atoms with Crippen LogP contribution in [0.15, 0.2) is 18.2 Å². The van der Waals surface area contributed by atoms with Gasteiger partial charge in [-0.25, -0.2) is 0 Å². The highest BCUT2D eigenvalue weighted by Crippen LogP contribution is 2.49. The maximum absolute atomic E-state index is 11.8. The molecule has 1 N–H and O–H groups in total. The minimum atomic E-state index is -0.618. The quantitative estimate of drug-likeness (QED) is 0.807. The molecule has 3 rings (SSSR count). The molecule has 0 bridgehead atoms. The van der Waals surface area contributed by atoms with Gasteiger partial charge in [-0.05, 0) is 12.1 Å². The normalized spacial score (nSPS) is 19.2. The number of para-hydroxylation sites is 1. The van der Waals surface area contributed by atoms with Gasteiger partial charge in [0.1, 0.15) is 17.2 Å². The average Bonchev–Trinajstić information content (AvgIpc) is 3.09. The molecule has 5 nitrogen and oxygen atoms in total. The molecule has 2 aliphatic rings. The summed E-state index contributed by atoms with van der Waals surface area (Å²) in [5, 5.41) is 2.85. The standard InChI is InChI=1S/C12H13NO4/c1-15-7-16-8-3-2-4-9-10(8)13-11(14)12(17-9)5-6-12/h2-4H,5-7H2,1H3,(H,13,14). The Morgan fingerprint density at radius 2 is 2.29 bits per heavy atom. The lowest BCUT2D eigenvalue weighted by molar-refractivity contribution is -0.125. The van der Waals surface area contributed by atoms with Crippen molar-refractivity contribution < 1.29 is 19.0 Å². The molecule has 0 aromatic heterocycles. The average molecular weight is 235 g/mol. The Morgan fingerprint density at radius 3 is 3.00 bits per heavy atom. The number of anilines is 1. The minimum Gasteiger partial charge on any atom is -0.475 e. The van der Waals surface area contributed by atoms with E-state index >= 15 is 0 Å². The number of fused-ring (bicyclic) bond motifs is 1. The number of benzene rings is 1. The van der Waals surface area contributed by atoms with E-state index in [1.165, 1.54) is 0 Å². The van der Waals surface area contributed by atoms with Gasteiger partial charge >= 0.3 is 0 Å². The molecule has 1 aliphatic carbocycles. The summed E-state index contributed by atoms with van der Waals surface area (Å²) in [6, 6.07) is 5.43. The molecule has 0 radical (unpaired) electrons. The van der Waals surface area contributed by atoms with Crippen molar-refractivity contribution >= 4 is 11.6 Å². The van der Waals surface area contributed by atoms with Crippen LogP contribution in [0.1, 0.15) is 12.8 Å². The van der Waals surface area contributed by atoms with Crippen LogP contribution in [0.4, 0.5) is 5.69 Å². The molecule has 0 atom stereocenters. The number of ether oxygens (including phenoxy) is 3. The largest absolute Gasteiger partial charge is 0.475 e. The maximum atomic E-state index is 11.8. The first-order valence-electron chi connectivity index (χ1n) is 5.50. The summed E-state index contributed by atoms with van der Waals surface area (Å²) in [5.41, 5.74) is -0.0283. The number of amides is 1. The zero-order valence-corrected chi connectivity index (χ0v) is 9.49. The number of rotatable bonds is 3. The highest BCUT2D eigenvalue weighted by molar-refractivity contribution is 6.03. The zero-order chi connectivity index (χ0) is 11.9. The van der Waals surface area contributed by atoms with Crippen LogP contribution >= 0.6 is 0 Å². The number of hydrogen-bond donors (Lipinski definition) is 1. The second-order valence-electron chi connectivity index (χ2n) is 4.23. The van der Waals surface area contributed by atoms with Crippen molar-refractivity contribution in [2.75, 3.05) is 19.2 Å². The number of carbonyl (C=O) groups excluding carboxylic acids is 1. The molecule has 1 amide bonds. The summed E-state index contributed by atoms with van der Waals surface area (Å²) in [4.78, 5) is 11.8. The highest BCUT2D eigenvalue weighted by atomic mass is 16.7. The Hall–Kier alpha value is -1.75. The van der Waals surface area contributed by atoms with E-state index in [0.29, 0.717) is 17.2 Å². The van der Waals surface area contributed by atoms with Crippen molar-refractivity contribution in [3.63, 3.8) is 0 Å². The van der Waals surface area contributed by atoms with Gasteiger partial charge < -0.3 is 19.5 Å². The van der Waals surface area contributed by atoms with Crippen molar-refractivity contribution in [2.45, 2.75) is 18.4 Å². The molecule has 0 unspecified atom stereocenters. The minimum absolute atomic E-state index is 0.0848. The third-order valence-corrected chi connectivity index (χ3v) is 2.98.